The number of hydrogen-bond donors (Lipinski definition) is 1. The van der Waals surface area contributed by atoms with Crippen LogP contribution < -0.4 is 5.32 Å². The summed E-state index contributed by atoms with van der Waals surface area (Å²) in [4.78, 5) is 10.3. The SMILES string of the molecule is CC(F)CNc1ccc(C=O)cc1. The van der Waals surface area contributed by atoms with Gasteiger partial charge in [0.2, 0.25) is 0 Å². The third kappa shape index (κ3) is 3.23. The quantitative estimate of drug-likeness (QED) is 0.722. The minimum atomic E-state index is -0.870. The number of alkyl halides is 1. The molecule has 0 fully saturated rings. The average molecular weight is 181 g/mol. The first kappa shape index (κ1) is 9.71. The lowest BCUT2D eigenvalue weighted by molar-refractivity contribution is 0.112. The molecule has 1 aromatic carbocycles. The van der Waals surface area contributed by atoms with E-state index in [2.05, 4.69) is 5.32 Å². The number of halogens is 1. The van der Waals surface area contributed by atoms with Gasteiger partial charge >= 0.3 is 0 Å². The first-order valence-corrected chi connectivity index (χ1v) is 4.15. The molecule has 0 radical (unpaired) electrons. The maximum atomic E-state index is 12.4. The average Bonchev–Trinajstić information content (AvgIpc) is 2.15. The number of anilines is 1. The fourth-order valence-corrected chi connectivity index (χ4v) is 0.938. The summed E-state index contributed by atoms with van der Waals surface area (Å²) in [5, 5.41) is 2.90. The Morgan fingerprint density at radius 1 is 1.46 bits per heavy atom. The molecule has 13 heavy (non-hydrogen) atoms. The fraction of sp³-hybridized carbons (Fsp3) is 0.300. The highest BCUT2D eigenvalue weighted by Gasteiger charge is 1.97. The Labute approximate surface area is 76.8 Å². The van der Waals surface area contributed by atoms with E-state index >= 15 is 0 Å². The van der Waals surface area contributed by atoms with Crippen molar-refractivity contribution in [3.05, 3.63) is 29.8 Å². The minimum Gasteiger partial charge on any atom is -0.382 e. The van der Waals surface area contributed by atoms with Crippen molar-refractivity contribution in [3.8, 4) is 0 Å². The summed E-state index contributed by atoms with van der Waals surface area (Å²) in [6, 6.07) is 6.90. The van der Waals surface area contributed by atoms with Crippen LogP contribution >= 0.6 is 0 Å². The number of aldehydes is 1. The van der Waals surface area contributed by atoms with Crippen LogP contribution in [-0.4, -0.2) is 19.0 Å². The Balaban J connectivity index is 2.54. The molecule has 1 aromatic rings. The summed E-state index contributed by atoms with van der Waals surface area (Å²) in [7, 11) is 0. The monoisotopic (exact) mass is 181 g/mol. The van der Waals surface area contributed by atoms with Crippen LogP contribution in [0, 0.1) is 0 Å². The maximum absolute atomic E-state index is 12.4. The van der Waals surface area contributed by atoms with Crippen LogP contribution in [-0.2, 0) is 0 Å². The van der Waals surface area contributed by atoms with Gasteiger partial charge in [0.25, 0.3) is 0 Å². The van der Waals surface area contributed by atoms with E-state index in [1.165, 1.54) is 6.92 Å². The van der Waals surface area contributed by atoms with Gasteiger partial charge in [-0.3, -0.25) is 4.79 Å². The van der Waals surface area contributed by atoms with Gasteiger partial charge in [0.05, 0.1) is 0 Å². The second kappa shape index (κ2) is 4.60. The number of carbonyl (C=O) groups is 1. The number of carbonyl (C=O) groups excluding carboxylic acids is 1. The van der Waals surface area contributed by atoms with Crippen molar-refractivity contribution in [2.75, 3.05) is 11.9 Å². The van der Waals surface area contributed by atoms with Gasteiger partial charge < -0.3 is 5.32 Å². The van der Waals surface area contributed by atoms with Crippen LogP contribution in [0.5, 0.6) is 0 Å². The molecule has 0 aliphatic carbocycles. The van der Waals surface area contributed by atoms with Crippen LogP contribution in [0.1, 0.15) is 17.3 Å². The van der Waals surface area contributed by atoms with E-state index in [-0.39, 0.29) is 0 Å². The molecule has 1 rings (SSSR count). The van der Waals surface area contributed by atoms with Gasteiger partial charge in [-0.1, -0.05) is 0 Å². The van der Waals surface area contributed by atoms with Crippen molar-refractivity contribution < 1.29 is 9.18 Å². The molecule has 2 nitrogen and oxygen atoms in total. The van der Waals surface area contributed by atoms with Crippen LogP contribution in [0.4, 0.5) is 10.1 Å². The van der Waals surface area contributed by atoms with Gasteiger partial charge in [0, 0.05) is 17.8 Å². The molecule has 0 bridgehead atoms. The van der Waals surface area contributed by atoms with E-state index in [9.17, 15) is 9.18 Å². The van der Waals surface area contributed by atoms with Crippen molar-refractivity contribution in [1.29, 1.82) is 0 Å². The van der Waals surface area contributed by atoms with Crippen molar-refractivity contribution >= 4 is 12.0 Å². The third-order valence-corrected chi connectivity index (χ3v) is 1.63. The molecule has 0 saturated carbocycles. The highest BCUT2D eigenvalue weighted by molar-refractivity contribution is 5.75. The maximum Gasteiger partial charge on any atom is 0.150 e. The molecule has 0 spiro atoms. The van der Waals surface area contributed by atoms with Crippen LogP contribution in [0.25, 0.3) is 0 Å². The second-order valence-corrected chi connectivity index (χ2v) is 2.90. The Morgan fingerprint density at radius 3 is 2.54 bits per heavy atom. The van der Waals surface area contributed by atoms with E-state index in [4.69, 9.17) is 0 Å². The van der Waals surface area contributed by atoms with E-state index in [0.29, 0.717) is 12.1 Å². The zero-order valence-electron chi connectivity index (χ0n) is 7.46. The first-order valence-electron chi connectivity index (χ1n) is 4.15. The van der Waals surface area contributed by atoms with Crippen molar-refractivity contribution in [2.45, 2.75) is 13.1 Å². The topological polar surface area (TPSA) is 29.1 Å². The second-order valence-electron chi connectivity index (χ2n) is 2.90. The largest absolute Gasteiger partial charge is 0.382 e. The van der Waals surface area contributed by atoms with Gasteiger partial charge in [-0.05, 0) is 31.2 Å². The Morgan fingerprint density at radius 2 is 2.08 bits per heavy atom. The summed E-state index contributed by atoms with van der Waals surface area (Å²) in [5.41, 5.74) is 1.45. The van der Waals surface area contributed by atoms with Gasteiger partial charge in [-0.25, -0.2) is 4.39 Å². The van der Waals surface area contributed by atoms with Gasteiger partial charge in [-0.15, -0.1) is 0 Å². The summed E-state index contributed by atoms with van der Waals surface area (Å²) in [5.74, 6) is 0. The first-order chi connectivity index (χ1) is 6.22. The molecule has 0 amide bonds. The molecular formula is C10H12FNO. The molecular weight excluding hydrogens is 169 g/mol. The molecule has 3 heteroatoms. The van der Waals surface area contributed by atoms with Gasteiger partial charge in [0.1, 0.15) is 12.5 Å². The van der Waals surface area contributed by atoms with Crippen LogP contribution in [0.15, 0.2) is 24.3 Å². The van der Waals surface area contributed by atoms with Crippen LogP contribution in [0.3, 0.4) is 0 Å². The van der Waals surface area contributed by atoms with E-state index in [1.54, 1.807) is 24.3 Å². The molecule has 0 aromatic heterocycles. The number of nitrogens with one attached hydrogen (secondary N) is 1. The standard InChI is InChI=1S/C10H12FNO/c1-8(11)6-12-10-4-2-9(7-13)3-5-10/h2-5,7-8,12H,6H2,1H3. The molecule has 70 valence electrons. The van der Waals surface area contributed by atoms with Gasteiger partial charge in [-0.2, -0.15) is 0 Å². The van der Waals surface area contributed by atoms with Crippen molar-refractivity contribution in [3.63, 3.8) is 0 Å². The number of rotatable bonds is 4. The minimum absolute atomic E-state index is 0.292. The zero-order chi connectivity index (χ0) is 9.68. The normalized spacial score (nSPS) is 12.2. The van der Waals surface area contributed by atoms with E-state index < -0.39 is 6.17 Å². The van der Waals surface area contributed by atoms with Crippen molar-refractivity contribution in [1.82, 2.24) is 0 Å². The smallest absolute Gasteiger partial charge is 0.150 e. The molecule has 0 heterocycles. The van der Waals surface area contributed by atoms with E-state index in [1.807, 2.05) is 0 Å². The Hall–Kier alpha value is -1.38. The summed E-state index contributed by atoms with van der Waals surface area (Å²) in [6.07, 6.45) is -0.0904. The predicted molar refractivity (Wildman–Crippen MR) is 50.9 cm³/mol. The van der Waals surface area contributed by atoms with Gasteiger partial charge in [0.15, 0.2) is 0 Å². The third-order valence-electron chi connectivity index (χ3n) is 1.63. The number of benzene rings is 1. The van der Waals surface area contributed by atoms with Crippen molar-refractivity contribution in [2.24, 2.45) is 0 Å². The summed E-state index contributed by atoms with van der Waals surface area (Å²) >= 11 is 0. The molecule has 1 unspecified atom stereocenters. The van der Waals surface area contributed by atoms with E-state index in [0.717, 1.165) is 12.0 Å². The fourth-order valence-electron chi connectivity index (χ4n) is 0.938. The summed E-state index contributed by atoms with van der Waals surface area (Å²) < 4.78 is 12.4. The molecule has 0 aliphatic rings. The number of hydrogen-bond acceptors (Lipinski definition) is 2. The molecule has 0 saturated heterocycles. The Bertz CT molecular complexity index is 269. The molecule has 1 N–H and O–H groups in total. The lowest BCUT2D eigenvalue weighted by atomic mass is 10.2. The lowest BCUT2D eigenvalue weighted by Gasteiger charge is -2.06. The highest BCUT2D eigenvalue weighted by atomic mass is 19.1. The molecule has 0 aliphatic heterocycles. The van der Waals surface area contributed by atoms with Crippen LogP contribution in [0.2, 0.25) is 0 Å². The highest BCUT2D eigenvalue weighted by Crippen LogP contribution is 2.08. The lowest BCUT2D eigenvalue weighted by Crippen LogP contribution is -2.11. The Kier molecular flexibility index (Phi) is 3.43. The predicted octanol–water partition coefficient (Wildman–Crippen LogP) is 2.27. The molecule has 1 atom stereocenters. The summed E-state index contributed by atoms with van der Waals surface area (Å²) in [6.45, 7) is 1.78. The zero-order valence-corrected chi connectivity index (χ0v) is 7.46.